The Morgan fingerprint density at radius 2 is 1.76 bits per heavy atom. The molecule has 1 unspecified atom stereocenters. The number of amides is 3. The van der Waals surface area contributed by atoms with Crippen LogP contribution in [0.1, 0.15) is 11.1 Å². The second-order valence-corrected chi connectivity index (χ2v) is 5.88. The maximum Gasteiger partial charge on any atom is 0.321 e. The normalized spacial score (nSPS) is 11.4. The molecule has 0 saturated heterocycles. The molecule has 25 heavy (non-hydrogen) atoms. The number of methoxy groups -OCH3 is 1. The summed E-state index contributed by atoms with van der Waals surface area (Å²) in [7, 11) is 3.53. The van der Waals surface area contributed by atoms with Crippen molar-refractivity contribution >= 4 is 11.9 Å². The molecule has 0 aliphatic carbocycles. The maximum absolute atomic E-state index is 12.0. The van der Waals surface area contributed by atoms with Crippen LogP contribution in [0.4, 0.5) is 4.79 Å². The van der Waals surface area contributed by atoms with Gasteiger partial charge in [0.25, 0.3) is 5.91 Å². The fraction of sp³-hybridized carbons (Fsp3) is 0.263. The Labute approximate surface area is 147 Å². The number of carbonyl (C=O) groups excluding carboxylic acids is 2. The van der Waals surface area contributed by atoms with Crippen LogP contribution in [0.15, 0.2) is 54.6 Å². The molecule has 2 rings (SSSR count). The Kier molecular flexibility index (Phi) is 6.98. The largest absolute Gasteiger partial charge is 0.497 e. The van der Waals surface area contributed by atoms with Crippen molar-refractivity contribution in [1.82, 2.24) is 10.6 Å². The molecular weight excluding hydrogens is 318 g/mol. The first-order valence-electron chi connectivity index (χ1n) is 8.12. The molecule has 0 bridgehead atoms. The number of carbonyl (C=O) groups is 2. The first-order valence-corrected chi connectivity index (χ1v) is 8.12. The summed E-state index contributed by atoms with van der Waals surface area (Å²) in [4.78, 5) is 24.7. The Balaban J connectivity index is 1.74. The second kappa shape index (κ2) is 9.44. The average molecular weight is 342 g/mol. The lowest BCUT2D eigenvalue weighted by Gasteiger charge is -2.14. The minimum atomic E-state index is -0.483. The zero-order valence-electron chi connectivity index (χ0n) is 14.5. The van der Waals surface area contributed by atoms with E-state index in [1.807, 2.05) is 61.6 Å². The number of quaternary nitrogens is 1. The predicted octanol–water partition coefficient (Wildman–Crippen LogP) is 0.736. The van der Waals surface area contributed by atoms with Crippen LogP contribution in [0.2, 0.25) is 0 Å². The highest BCUT2D eigenvalue weighted by Crippen LogP contribution is 2.11. The molecule has 0 radical (unpaired) electrons. The van der Waals surface area contributed by atoms with Gasteiger partial charge < -0.3 is 15.0 Å². The number of urea groups is 1. The summed E-state index contributed by atoms with van der Waals surface area (Å²) in [6.45, 7) is 1.25. The molecule has 3 N–H and O–H groups in total. The van der Waals surface area contributed by atoms with Gasteiger partial charge in [0, 0.05) is 12.1 Å². The van der Waals surface area contributed by atoms with Gasteiger partial charge in [-0.1, -0.05) is 42.5 Å². The van der Waals surface area contributed by atoms with Crippen LogP contribution < -0.4 is 20.3 Å². The van der Waals surface area contributed by atoms with Crippen LogP contribution >= 0.6 is 0 Å². The molecule has 2 aromatic carbocycles. The number of benzene rings is 2. The predicted molar refractivity (Wildman–Crippen MR) is 95.3 cm³/mol. The van der Waals surface area contributed by atoms with Crippen molar-refractivity contribution < 1.29 is 19.2 Å². The van der Waals surface area contributed by atoms with E-state index in [4.69, 9.17) is 4.74 Å². The number of hydrogen-bond donors (Lipinski definition) is 3. The fourth-order valence-corrected chi connectivity index (χ4v) is 2.46. The van der Waals surface area contributed by atoms with Gasteiger partial charge in [-0.3, -0.25) is 10.1 Å². The van der Waals surface area contributed by atoms with Crippen molar-refractivity contribution in [1.29, 1.82) is 0 Å². The van der Waals surface area contributed by atoms with Gasteiger partial charge in [-0.05, 0) is 17.7 Å². The quantitative estimate of drug-likeness (QED) is 0.695. The van der Waals surface area contributed by atoms with Crippen molar-refractivity contribution in [3.05, 3.63) is 65.7 Å². The zero-order chi connectivity index (χ0) is 18.1. The highest BCUT2D eigenvalue weighted by molar-refractivity contribution is 5.94. The van der Waals surface area contributed by atoms with Crippen molar-refractivity contribution in [3.63, 3.8) is 0 Å². The molecule has 1 atom stereocenters. The number of nitrogens with one attached hydrogen (secondary N) is 3. The summed E-state index contributed by atoms with van der Waals surface area (Å²) in [5.74, 6) is 0.473. The summed E-state index contributed by atoms with van der Waals surface area (Å²) in [6.07, 6.45) is 0. The van der Waals surface area contributed by atoms with Gasteiger partial charge >= 0.3 is 6.03 Å². The summed E-state index contributed by atoms with van der Waals surface area (Å²) >= 11 is 0. The van der Waals surface area contributed by atoms with Crippen molar-refractivity contribution in [2.24, 2.45) is 0 Å². The van der Waals surface area contributed by atoms with Crippen LogP contribution in [0, 0.1) is 0 Å². The third-order valence-electron chi connectivity index (χ3n) is 3.65. The monoisotopic (exact) mass is 342 g/mol. The smallest absolute Gasteiger partial charge is 0.321 e. The minimum absolute atomic E-state index is 0.204. The molecule has 0 aliphatic rings. The Morgan fingerprint density at radius 3 is 2.48 bits per heavy atom. The van der Waals surface area contributed by atoms with E-state index in [-0.39, 0.29) is 12.5 Å². The Bertz CT molecular complexity index is 704. The van der Waals surface area contributed by atoms with Gasteiger partial charge in [0.15, 0.2) is 6.54 Å². The zero-order valence-corrected chi connectivity index (χ0v) is 14.5. The average Bonchev–Trinajstić information content (AvgIpc) is 2.60. The summed E-state index contributed by atoms with van der Waals surface area (Å²) in [5, 5.41) is 5.03. The van der Waals surface area contributed by atoms with Crippen LogP contribution in [-0.4, -0.2) is 32.6 Å². The van der Waals surface area contributed by atoms with Gasteiger partial charge in [-0.15, -0.1) is 0 Å². The maximum atomic E-state index is 12.0. The lowest BCUT2D eigenvalue weighted by molar-refractivity contribution is -0.885. The minimum Gasteiger partial charge on any atom is -0.497 e. The molecule has 0 aliphatic heterocycles. The van der Waals surface area contributed by atoms with E-state index in [0.717, 1.165) is 21.8 Å². The summed E-state index contributed by atoms with van der Waals surface area (Å²) in [5.41, 5.74) is 2.05. The molecule has 0 aromatic heterocycles. The number of ether oxygens (including phenoxy) is 1. The highest BCUT2D eigenvalue weighted by Gasteiger charge is 2.13. The molecular formula is C19H24N3O3+. The van der Waals surface area contributed by atoms with Crippen LogP contribution in [0.3, 0.4) is 0 Å². The first kappa shape index (κ1) is 18.5. The molecule has 6 nitrogen and oxygen atoms in total. The van der Waals surface area contributed by atoms with Gasteiger partial charge in [-0.25, -0.2) is 4.79 Å². The Hall–Kier alpha value is -2.86. The van der Waals surface area contributed by atoms with E-state index in [0.29, 0.717) is 13.1 Å². The van der Waals surface area contributed by atoms with E-state index in [9.17, 15) is 9.59 Å². The van der Waals surface area contributed by atoms with Crippen molar-refractivity contribution in [2.45, 2.75) is 13.1 Å². The van der Waals surface area contributed by atoms with E-state index in [1.165, 1.54) is 0 Å². The first-order chi connectivity index (χ1) is 12.1. The van der Waals surface area contributed by atoms with Gasteiger partial charge in [0.2, 0.25) is 0 Å². The lowest BCUT2D eigenvalue weighted by Crippen LogP contribution is -3.09. The van der Waals surface area contributed by atoms with Gasteiger partial charge in [-0.2, -0.15) is 0 Å². The van der Waals surface area contributed by atoms with Crippen molar-refractivity contribution in [2.75, 3.05) is 20.7 Å². The number of likely N-dealkylation sites (N-methyl/N-ethyl adjacent to an activating group) is 1. The fourth-order valence-electron chi connectivity index (χ4n) is 2.46. The number of rotatable bonds is 7. The Morgan fingerprint density at radius 1 is 1.04 bits per heavy atom. The highest BCUT2D eigenvalue weighted by atomic mass is 16.5. The molecule has 0 fully saturated rings. The standard InChI is InChI=1S/C19H23N3O3/c1-22(13-16-9-6-10-17(11-16)25-2)14-18(23)21-19(24)20-12-15-7-4-3-5-8-15/h3-11H,12-14H2,1-2H3,(H2,20,21,23,24)/p+1. The molecule has 2 aromatic rings. The molecule has 0 heterocycles. The topological polar surface area (TPSA) is 71.9 Å². The molecule has 6 heteroatoms. The van der Waals surface area contributed by atoms with Crippen molar-refractivity contribution in [3.8, 4) is 5.75 Å². The second-order valence-electron chi connectivity index (χ2n) is 5.88. The van der Waals surface area contributed by atoms with E-state index >= 15 is 0 Å². The third-order valence-corrected chi connectivity index (χ3v) is 3.65. The molecule has 3 amide bonds. The molecule has 0 spiro atoms. The number of imide groups is 1. The summed E-state index contributed by atoms with van der Waals surface area (Å²) < 4.78 is 5.19. The van der Waals surface area contributed by atoms with E-state index in [1.54, 1.807) is 7.11 Å². The number of hydrogen-bond acceptors (Lipinski definition) is 3. The molecule has 0 saturated carbocycles. The van der Waals surface area contributed by atoms with Crippen LogP contribution in [0.25, 0.3) is 0 Å². The lowest BCUT2D eigenvalue weighted by atomic mass is 10.2. The van der Waals surface area contributed by atoms with Gasteiger partial charge in [0.05, 0.1) is 14.2 Å². The third kappa shape index (κ3) is 6.64. The molecule has 132 valence electrons. The van der Waals surface area contributed by atoms with Crippen LogP contribution in [-0.2, 0) is 17.9 Å². The van der Waals surface area contributed by atoms with Gasteiger partial charge in [0.1, 0.15) is 12.3 Å². The SMILES string of the molecule is COc1cccc(C[NH+](C)CC(=O)NC(=O)NCc2ccccc2)c1. The summed E-state index contributed by atoms with van der Waals surface area (Å²) in [6, 6.07) is 16.8. The van der Waals surface area contributed by atoms with E-state index in [2.05, 4.69) is 10.6 Å². The van der Waals surface area contributed by atoms with Crippen LogP contribution in [0.5, 0.6) is 5.75 Å². The van der Waals surface area contributed by atoms with E-state index < -0.39 is 6.03 Å².